The number of hydrogen-bond donors (Lipinski definition) is 2. The molecule has 2 aliphatic rings. The fraction of sp³-hybridized carbons (Fsp3) is 0.596. The van der Waals surface area contributed by atoms with Gasteiger partial charge in [-0.05, 0) is 68.1 Å². The maximum Gasteiger partial charge on any atom is 0.347 e. The molecular weight excluding hydrogens is 926 g/mol. The Labute approximate surface area is 418 Å². The number of nitrogens with zero attached hydrogens (tertiary/aromatic N) is 1. The third kappa shape index (κ3) is 20.5. The summed E-state index contributed by atoms with van der Waals surface area (Å²) in [5.41, 5.74) is 1.55. The Balaban J connectivity index is 1.28. The van der Waals surface area contributed by atoms with Gasteiger partial charge in [-0.3, -0.25) is 24.1 Å². The molecule has 1 saturated heterocycles. The normalized spacial score (nSPS) is 21.4. The Morgan fingerprint density at radius 3 is 2.19 bits per heavy atom. The molecule has 17 nitrogen and oxygen atoms in total. The number of benzene rings is 2. The van der Waals surface area contributed by atoms with Crippen molar-refractivity contribution in [1.29, 1.82) is 0 Å². The minimum Gasteiger partial charge on any atom is -0.495 e. The summed E-state index contributed by atoms with van der Waals surface area (Å²) in [7, 11) is 3.53. The number of carbonyl (C=O) groups is 5. The van der Waals surface area contributed by atoms with Crippen molar-refractivity contribution >= 4 is 41.3 Å². The Hall–Kier alpha value is -4.88. The molecule has 0 unspecified atom stereocenters. The van der Waals surface area contributed by atoms with Gasteiger partial charge in [-0.15, -0.1) is 0 Å². The van der Waals surface area contributed by atoms with Gasteiger partial charge in [-0.25, -0.2) is 4.79 Å². The molecule has 18 heteroatoms. The van der Waals surface area contributed by atoms with Gasteiger partial charge in [0.2, 0.25) is 11.8 Å². The zero-order valence-corrected chi connectivity index (χ0v) is 42.6. The number of carbonyl (C=O) groups excluding carboxylic acids is 5. The number of amides is 2. The Kier molecular flexibility index (Phi) is 24.8. The summed E-state index contributed by atoms with van der Waals surface area (Å²) in [6, 6.07) is 12.3. The highest BCUT2D eigenvalue weighted by Crippen LogP contribution is 2.45. The van der Waals surface area contributed by atoms with Crippen LogP contribution in [0.25, 0.3) is 0 Å². The molecular formula is C52H74ClN3O14. The number of hydrogen-bond acceptors (Lipinski definition) is 15. The molecule has 2 N–H and O–H groups in total. The van der Waals surface area contributed by atoms with E-state index in [1.54, 1.807) is 38.1 Å². The SMILES string of the molecule is C=CCOC(=O)CCOCCOCCOCCOCCN(C)Cc1ccc([C@H]2O[C@@H]2[C@@H](C)[C@@H]2CC=CC(=O)N[C@H](Cc3ccc(OC)c(Cl)c3)C(=O)NCC(C)(C)C(=O)O[C@@H](CC(C)C)C(=O)O2)cc1. The minimum absolute atomic E-state index is 0.0144. The van der Waals surface area contributed by atoms with Crippen molar-refractivity contribution in [1.82, 2.24) is 15.5 Å². The number of ether oxygens (including phenoxy) is 9. The van der Waals surface area contributed by atoms with E-state index in [1.807, 2.05) is 40.0 Å². The number of epoxide rings is 1. The smallest absolute Gasteiger partial charge is 0.347 e. The summed E-state index contributed by atoms with van der Waals surface area (Å²) in [5, 5.41) is 5.93. The van der Waals surface area contributed by atoms with Gasteiger partial charge in [0.25, 0.3) is 0 Å². The predicted molar refractivity (Wildman–Crippen MR) is 262 cm³/mol. The first-order valence-electron chi connectivity index (χ1n) is 24.0. The summed E-state index contributed by atoms with van der Waals surface area (Å²) < 4.78 is 50.6. The van der Waals surface area contributed by atoms with Gasteiger partial charge in [-0.2, -0.15) is 0 Å². The van der Waals surface area contributed by atoms with Gasteiger partial charge >= 0.3 is 17.9 Å². The van der Waals surface area contributed by atoms with Crippen molar-refractivity contribution in [3.63, 3.8) is 0 Å². The second kappa shape index (κ2) is 30.1. The van der Waals surface area contributed by atoms with E-state index < -0.39 is 47.4 Å². The number of halogens is 1. The van der Waals surface area contributed by atoms with Crippen LogP contribution in [0.5, 0.6) is 5.75 Å². The van der Waals surface area contributed by atoms with Gasteiger partial charge < -0.3 is 53.3 Å². The summed E-state index contributed by atoms with van der Waals surface area (Å²) in [4.78, 5) is 68.1. The first-order chi connectivity index (χ1) is 33.5. The van der Waals surface area contributed by atoms with Crippen molar-refractivity contribution in [3.05, 3.63) is 89.0 Å². The lowest BCUT2D eigenvalue weighted by molar-refractivity contribution is -0.179. The molecule has 2 amide bonds. The maximum absolute atomic E-state index is 13.9. The van der Waals surface area contributed by atoms with E-state index >= 15 is 0 Å². The van der Waals surface area contributed by atoms with E-state index in [4.69, 9.17) is 54.2 Å². The lowest BCUT2D eigenvalue weighted by atomic mass is 9.92. The highest BCUT2D eigenvalue weighted by molar-refractivity contribution is 6.32. The molecule has 1 fully saturated rings. The monoisotopic (exact) mass is 999 g/mol. The molecule has 0 saturated carbocycles. The summed E-state index contributed by atoms with van der Waals surface area (Å²) in [6.07, 6.45) is 2.66. The number of methoxy groups -OCH3 is 1. The van der Waals surface area contributed by atoms with Crippen molar-refractivity contribution in [2.75, 3.05) is 86.7 Å². The average molecular weight is 1000 g/mol. The lowest BCUT2D eigenvalue weighted by Crippen LogP contribution is -2.51. The van der Waals surface area contributed by atoms with E-state index in [9.17, 15) is 24.0 Å². The number of cyclic esters (lactones) is 2. The van der Waals surface area contributed by atoms with Gasteiger partial charge in [0, 0.05) is 38.4 Å². The van der Waals surface area contributed by atoms with Crippen molar-refractivity contribution in [2.45, 2.75) is 97.3 Å². The number of likely N-dealkylation sites (N-methyl/N-ethyl adjacent to an activating group) is 1. The number of nitrogens with one attached hydrogen (secondary N) is 2. The Morgan fingerprint density at radius 1 is 0.914 bits per heavy atom. The van der Waals surface area contributed by atoms with E-state index in [0.717, 1.165) is 17.7 Å². The van der Waals surface area contributed by atoms with Crippen LogP contribution in [-0.4, -0.2) is 146 Å². The lowest BCUT2D eigenvalue weighted by Gasteiger charge is -2.29. The molecule has 2 aliphatic heterocycles. The Bertz CT molecular complexity index is 2010. The first kappa shape index (κ1) is 57.7. The third-order valence-corrected chi connectivity index (χ3v) is 11.9. The third-order valence-electron chi connectivity index (χ3n) is 11.6. The van der Waals surface area contributed by atoms with Crippen molar-refractivity contribution in [3.8, 4) is 5.75 Å². The van der Waals surface area contributed by atoms with Crippen LogP contribution < -0.4 is 15.4 Å². The van der Waals surface area contributed by atoms with Gasteiger partial charge in [0.1, 0.15) is 30.6 Å². The van der Waals surface area contributed by atoms with Crippen LogP contribution in [0, 0.1) is 17.3 Å². The largest absolute Gasteiger partial charge is 0.495 e. The number of esters is 3. The predicted octanol–water partition coefficient (Wildman–Crippen LogP) is 5.74. The Morgan fingerprint density at radius 2 is 1.56 bits per heavy atom. The van der Waals surface area contributed by atoms with Crippen LogP contribution in [0.4, 0.5) is 0 Å². The van der Waals surface area contributed by atoms with Crippen LogP contribution in [0.15, 0.2) is 67.3 Å². The van der Waals surface area contributed by atoms with Gasteiger partial charge in [0.05, 0.1) is 82.9 Å². The molecule has 4 rings (SSSR count). The fourth-order valence-electron chi connectivity index (χ4n) is 7.39. The zero-order chi connectivity index (χ0) is 51.1. The second-order valence-corrected chi connectivity index (χ2v) is 18.9. The van der Waals surface area contributed by atoms with E-state index in [0.29, 0.717) is 69.1 Å². The summed E-state index contributed by atoms with van der Waals surface area (Å²) in [5.74, 6) is -2.59. The zero-order valence-electron chi connectivity index (χ0n) is 41.9. The summed E-state index contributed by atoms with van der Waals surface area (Å²) in [6.45, 7) is 17.4. The highest BCUT2D eigenvalue weighted by Gasteiger charge is 2.48. The maximum atomic E-state index is 13.9. The van der Waals surface area contributed by atoms with Crippen LogP contribution in [0.1, 0.15) is 76.7 Å². The molecule has 0 aromatic heterocycles. The van der Waals surface area contributed by atoms with Crippen LogP contribution >= 0.6 is 11.6 Å². The molecule has 70 heavy (non-hydrogen) atoms. The molecule has 2 aromatic carbocycles. The van der Waals surface area contributed by atoms with Crippen molar-refractivity contribution in [2.24, 2.45) is 17.3 Å². The molecule has 0 bridgehead atoms. The highest BCUT2D eigenvalue weighted by atomic mass is 35.5. The van der Waals surface area contributed by atoms with Gasteiger partial charge in [-0.1, -0.05) is 81.4 Å². The van der Waals surface area contributed by atoms with Crippen LogP contribution in [0.3, 0.4) is 0 Å². The average Bonchev–Trinajstić information content (AvgIpc) is 4.13. The van der Waals surface area contributed by atoms with Crippen LogP contribution in [0.2, 0.25) is 5.02 Å². The molecule has 2 aromatic rings. The molecule has 2 heterocycles. The quantitative estimate of drug-likeness (QED) is 0.0361. The van der Waals surface area contributed by atoms with E-state index in [2.05, 4.69) is 34.2 Å². The fourth-order valence-corrected chi connectivity index (χ4v) is 7.67. The molecule has 0 spiro atoms. The first-order valence-corrected chi connectivity index (χ1v) is 24.4. The number of rotatable bonds is 27. The summed E-state index contributed by atoms with van der Waals surface area (Å²) >= 11 is 6.37. The minimum atomic E-state index is -1.23. The van der Waals surface area contributed by atoms with E-state index in [1.165, 1.54) is 19.3 Å². The topological polar surface area (TPSA) is 199 Å². The molecule has 388 valence electrons. The van der Waals surface area contributed by atoms with Crippen molar-refractivity contribution < 1.29 is 66.6 Å². The molecule has 6 atom stereocenters. The molecule has 0 radical (unpaired) electrons. The second-order valence-electron chi connectivity index (χ2n) is 18.5. The van der Waals surface area contributed by atoms with Crippen LogP contribution in [-0.2, 0) is 74.8 Å². The van der Waals surface area contributed by atoms with E-state index in [-0.39, 0.29) is 75.5 Å². The molecule has 0 aliphatic carbocycles. The standard InChI is InChI=1S/C52H74ClN3O14/c1-9-21-67-46(58)19-22-63-24-26-65-28-29-66-27-25-64-23-20-56(7)33-37-13-16-39(17-14-37)48-47(70-48)36(4)42-11-10-12-45(57)55-41(32-38-15-18-43(62-8)40(53)31-38)49(59)54-34-52(5,6)51(61)69-44(30-35(2)3)50(60)68-42/h9-10,12-18,31,35-36,41-42,44,47-48H,1,11,19-30,32-34H2,2-8H3,(H,54,59)(H,55,57)/t36-,41+,42-,44-,47+,48+/m0/s1. The van der Waals surface area contributed by atoms with Gasteiger partial charge in [0.15, 0.2) is 6.10 Å².